The first-order chi connectivity index (χ1) is 8.70. The lowest BCUT2D eigenvalue weighted by atomic mass is 10.1. The topological polar surface area (TPSA) is 42.2 Å². The Labute approximate surface area is 112 Å². The van der Waals surface area contributed by atoms with Crippen LogP contribution in [-0.2, 0) is 13.0 Å². The summed E-state index contributed by atoms with van der Waals surface area (Å²) in [6.45, 7) is 2.84. The van der Waals surface area contributed by atoms with Crippen LogP contribution in [0.1, 0.15) is 17.0 Å². The predicted octanol–water partition coefficient (Wildman–Crippen LogP) is 2.80. The smallest absolute Gasteiger partial charge is 0.318 e. The molecule has 0 fully saturated rings. The fraction of sp³-hybridized carbons (Fsp3) is 0.385. The van der Waals surface area contributed by atoms with Crippen LogP contribution in [-0.4, -0.2) is 23.1 Å². The maximum absolute atomic E-state index is 5.63. The van der Waals surface area contributed by atoms with Crippen molar-refractivity contribution in [3.05, 3.63) is 41.3 Å². The Morgan fingerprint density at radius 2 is 2.06 bits per heavy atom. The molecule has 2 aromatic rings. The summed E-state index contributed by atoms with van der Waals surface area (Å²) in [7, 11) is 1.93. The maximum Gasteiger partial charge on any atom is 0.318 e. The van der Waals surface area contributed by atoms with E-state index in [2.05, 4.69) is 29.3 Å². The second-order valence-electron chi connectivity index (χ2n) is 4.20. The highest BCUT2D eigenvalue weighted by Crippen LogP contribution is 2.16. The van der Waals surface area contributed by atoms with Gasteiger partial charge in [0.25, 0.3) is 0 Å². The number of alkyl halides is 1. The van der Waals surface area contributed by atoms with Gasteiger partial charge in [-0.25, -0.2) is 0 Å². The number of hydrogen-bond acceptors (Lipinski definition) is 4. The number of nitrogens with zero attached hydrogens (tertiary/aromatic N) is 3. The molecule has 2 rings (SSSR count). The van der Waals surface area contributed by atoms with E-state index in [1.165, 1.54) is 11.1 Å². The van der Waals surface area contributed by atoms with Gasteiger partial charge in [-0.3, -0.25) is 0 Å². The van der Waals surface area contributed by atoms with Crippen molar-refractivity contribution in [3.8, 4) is 0 Å². The van der Waals surface area contributed by atoms with Gasteiger partial charge in [-0.05, 0) is 18.1 Å². The molecule has 96 valence electrons. The maximum atomic E-state index is 5.63. The molecular formula is C13H16ClN3O. The highest BCUT2D eigenvalue weighted by molar-refractivity contribution is 6.17. The van der Waals surface area contributed by atoms with Crippen molar-refractivity contribution in [1.29, 1.82) is 0 Å². The van der Waals surface area contributed by atoms with Crippen LogP contribution in [0, 0.1) is 6.92 Å². The number of hydrogen-bond donors (Lipinski definition) is 0. The second kappa shape index (κ2) is 5.87. The molecule has 0 saturated heterocycles. The van der Waals surface area contributed by atoms with Crippen molar-refractivity contribution < 1.29 is 4.42 Å². The number of benzene rings is 1. The summed E-state index contributed by atoms with van der Waals surface area (Å²) in [5.74, 6) is 1.07. The molecular weight excluding hydrogens is 250 g/mol. The Hall–Kier alpha value is -1.55. The van der Waals surface area contributed by atoms with Crippen molar-refractivity contribution in [2.75, 3.05) is 17.8 Å². The van der Waals surface area contributed by atoms with Gasteiger partial charge >= 0.3 is 6.01 Å². The average Bonchev–Trinajstić information content (AvgIpc) is 2.81. The Kier molecular flexibility index (Phi) is 4.20. The molecule has 18 heavy (non-hydrogen) atoms. The molecule has 0 radical (unpaired) electrons. The molecule has 0 bridgehead atoms. The van der Waals surface area contributed by atoms with Crippen molar-refractivity contribution in [1.82, 2.24) is 10.2 Å². The van der Waals surface area contributed by atoms with Gasteiger partial charge in [-0.2, -0.15) is 0 Å². The van der Waals surface area contributed by atoms with Crippen LogP contribution in [0.15, 0.2) is 28.7 Å². The lowest BCUT2D eigenvalue weighted by Gasteiger charge is -2.15. The quantitative estimate of drug-likeness (QED) is 0.780. The molecule has 1 aromatic heterocycles. The molecule has 0 amide bonds. The second-order valence-corrected chi connectivity index (χ2v) is 4.58. The SMILES string of the molecule is Cc1ccccc1CN(C)c1nnc(CCCl)o1. The molecule has 0 atom stereocenters. The van der Waals surface area contributed by atoms with Gasteiger partial charge in [0.15, 0.2) is 0 Å². The van der Waals surface area contributed by atoms with E-state index in [4.69, 9.17) is 16.0 Å². The number of halogens is 1. The molecule has 5 heteroatoms. The molecule has 0 unspecified atom stereocenters. The summed E-state index contributed by atoms with van der Waals surface area (Å²) in [6.07, 6.45) is 0.604. The summed E-state index contributed by atoms with van der Waals surface area (Å²) in [5, 5.41) is 7.96. The number of anilines is 1. The van der Waals surface area contributed by atoms with Crippen molar-refractivity contribution >= 4 is 17.6 Å². The zero-order chi connectivity index (χ0) is 13.0. The summed E-state index contributed by atoms with van der Waals surface area (Å²) < 4.78 is 5.52. The van der Waals surface area contributed by atoms with E-state index in [0.717, 1.165) is 6.54 Å². The largest absolute Gasteiger partial charge is 0.408 e. The summed E-state index contributed by atoms with van der Waals surface area (Å²) in [6, 6.07) is 8.78. The zero-order valence-corrected chi connectivity index (χ0v) is 11.3. The fourth-order valence-corrected chi connectivity index (χ4v) is 1.85. The summed E-state index contributed by atoms with van der Waals surface area (Å²) in [5.41, 5.74) is 2.50. The van der Waals surface area contributed by atoms with E-state index >= 15 is 0 Å². The van der Waals surface area contributed by atoms with Crippen LogP contribution in [0.2, 0.25) is 0 Å². The normalized spacial score (nSPS) is 10.6. The molecule has 1 heterocycles. The highest BCUT2D eigenvalue weighted by Gasteiger charge is 2.11. The predicted molar refractivity (Wildman–Crippen MR) is 72.0 cm³/mol. The van der Waals surface area contributed by atoms with Gasteiger partial charge in [0.05, 0.1) is 0 Å². The molecule has 4 nitrogen and oxygen atoms in total. The van der Waals surface area contributed by atoms with E-state index in [9.17, 15) is 0 Å². The molecule has 0 aliphatic rings. The molecule has 0 spiro atoms. The van der Waals surface area contributed by atoms with Gasteiger partial charge in [0.1, 0.15) is 0 Å². The third kappa shape index (κ3) is 3.01. The third-order valence-corrected chi connectivity index (χ3v) is 2.95. The fourth-order valence-electron chi connectivity index (χ4n) is 1.69. The van der Waals surface area contributed by atoms with Crippen molar-refractivity contribution in [2.45, 2.75) is 19.9 Å². The standard InChI is InChI=1S/C13H16ClN3O/c1-10-5-3-4-6-11(10)9-17(2)13-16-15-12(18-13)7-8-14/h3-6H,7-9H2,1-2H3. The number of aryl methyl sites for hydroxylation is 2. The minimum Gasteiger partial charge on any atom is -0.408 e. The van der Waals surface area contributed by atoms with Crippen LogP contribution in [0.4, 0.5) is 6.01 Å². The third-order valence-electron chi connectivity index (χ3n) is 2.76. The minimum atomic E-state index is 0.489. The van der Waals surface area contributed by atoms with E-state index in [-0.39, 0.29) is 0 Å². The Morgan fingerprint density at radius 1 is 1.28 bits per heavy atom. The van der Waals surface area contributed by atoms with Crippen LogP contribution < -0.4 is 4.90 Å². The summed E-state index contributed by atoms with van der Waals surface area (Å²) in [4.78, 5) is 1.94. The lowest BCUT2D eigenvalue weighted by molar-refractivity contribution is 0.495. The van der Waals surface area contributed by atoms with Crippen molar-refractivity contribution in [3.63, 3.8) is 0 Å². The summed E-state index contributed by atoms with van der Waals surface area (Å²) >= 11 is 5.63. The minimum absolute atomic E-state index is 0.489. The van der Waals surface area contributed by atoms with Gasteiger partial charge in [-0.1, -0.05) is 29.4 Å². The van der Waals surface area contributed by atoms with Gasteiger partial charge < -0.3 is 9.32 Å². The number of rotatable bonds is 5. The average molecular weight is 266 g/mol. The van der Waals surface area contributed by atoms with E-state index in [0.29, 0.717) is 24.2 Å². The Balaban J connectivity index is 2.07. The monoisotopic (exact) mass is 265 g/mol. The molecule has 0 saturated carbocycles. The van der Waals surface area contributed by atoms with Crippen LogP contribution in [0.3, 0.4) is 0 Å². The first kappa shape index (κ1) is 12.9. The van der Waals surface area contributed by atoms with E-state index < -0.39 is 0 Å². The Morgan fingerprint density at radius 3 is 2.78 bits per heavy atom. The molecule has 0 N–H and O–H groups in total. The first-order valence-corrected chi connectivity index (χ1v) is 6.38. The van der Waals surface area contributed by atoms with Crippen LogP contribution in [0.5, 0.6) is 0 Å². The van der Waals surface area contributed by atoms with E-state index in [1.54, 1.807) is 0 Å². The van der Waals surface area contributed by atoms with Gasteiger partial charge in [0, 0.05) is 25.9 Å². The first-order valence-electron chi connectivity index (χ1n) is 5.84. The molecule has 0 aliphatic heterocycles. The molecule has 1 aromatic carbocycles. The Bertz CT molecular complexity index is 512. The zero-order valence-electron chi connectivity index (χ0n) is 10.6. The number of aromatic nitrogens is 2. The van der Waals surface area contributed by atoms with Crippen LogP contribution in [0.25, 0.3) is 0 Å². The highest BCUT2D eigenvalue weighted by atomic mass is 35.5. The lowest BCUT2D eigenvalue weighted by Crippen LogP contribution is -2.17. The van der Waals surface area contributed by atoms with E-state index in [1.807, 2.05) is 24.1 Å². The van der Waals surface area contributed by atoms with Gasteiger partial charge in [0.2, 0.25) is 5.89 Å². The molecule has 0 aliphatic carbocycles. The van der Waals surface area contributed by atoms with Crippen LogP contribution >= 0.6 is 11.6 Å². The van der Waals surface area contributed by atoms with Gasteiger partial charge in [-0.15, -0.1) is 16.7 Å². The van der Waals surface area contributed by atoms with Crippen molar-refractivity contribution in [2.24, 2.45) is 0 Å².